The lowest BCUT2D eigenvalue weighted by Crippen LogP contribution is -1.96. The molecule has 1 aliphatic rings. The second kappa shape index (κ2) is 4.20. The van der Waals surface area contributed by atoms with Crippen LogP contribution in [0.1, 0.15) is 12.0 Å². The first-order valence-corrected chi connectivity index (χ1v) is 6.26. The van der Waals surface area contributed by atoms with Gasteiger partial charge in [0.15, 0.2) is 0 Å². The molecule has 0 saturated heterocycles. The van der Waals surface area contributed by atoms with Crippen LogP contribution in [0, 0.1) is 11.8 Å². The van der Waals surface area contributed by atoms with Gasteiger partial charge in [0.2, 0.25) is 0 Å². The van der Waals surface area contributed by atoms with E-state index in [1.54, 1.807) is 0 Å². The number of aryl methyl sites for hydroxylation is 1. The van der Waals surface area contributed by atoms with Crippen molar-refractivity contribution in [1.82, 2.24) is 0 Å². The van der Waals surface area contributed by atoms with E-state index in [1.165, 1.54) is 0 Å². The Kier molecular flexibility index (Phi) is 3.10. The molecule has 0 bridgehead atoms. The fraction of sp³-hybridized carbons (Fsp3) is 0.500. The van der Waals surface area contributed by atoms with Gasteiger partial charge in [-0.05, 0) is 18.4 Å². The molecule has 0 N–H and O–H groups in total. The summed E-state index contributed by atoms with van der Waals surface area (Å²) < 4.78 is 26.3. The van der Waals surface area contributed by atoms with E-state index < -0.39 is 17.8 Å². The molecule has 3 heteroatoms. The predicted octanol–water partition coefficient (Wildman–Crippen LogP) is 3.90. The summed E-state index contributed by atoms with van der Waals surface area (Å²) in [4.78, 5) is 0. The molecule has 0 amide bonds. The van der Waals surface area contributed by atoms with Gasteiger partial charge < -0.3 is 0 Å². The third-order valence-corrected chi connectivity index (χ3v) is 3.82. The average Bonchev–Trinajstić information content (AvgIpc) is 2.78. The SMILES string of the molecule is FC1(F)[C@H](CBr)[C@@H]1CCc1ccccc1. The zero-order chi connectivity index (χ0) is 10.9. The standard InChI is InChI=1S/C12H13BrF2/c13-8-11-10(12(11,14)15)7-6-9-4-2-1-3-5-9/h1-5,10-11H,6-8H2/t10-,11+/m0/s1. The highest BCUT2D eigenvalue weighted by molar-refractivity contribution is 9.09. The smallest absolute Gasteiger partial charge is 0.206 e. The Morgan fingerprint density at radius 1 is 1.13 bits per heavy atom. The highest BCUT2D eigenvalue weighted by Gasteiger charge is 2.66. The maximum absolute atomic E-state index is 13.1. The van der Waals surface area contributed by atoms with Gasteiger partial charge >= 0.3 is 0 Å². The molecule has 1 aromatic rings. The highest BCUT2D eigenvalue weighted by atomic mass is 79.9. The minimum Gasteiger partial charge on any atom is -0.206 e. The summed E-state index contributed by atoms with van der Waals surface area (Å²) in [5, 5.41) is 0.416. The van der Waals surface area contributed by atoms with E-state index in [9.17, 15) is 8.78 Å². The lowest BCUT2D eigenvalue weighted by Gasteiger charge is -1.99. The molecular weight excluding hydrogens is 262 g/mol. The molecule has 82 valence electrons. The van der Waals surface area contributed by atoms with E-state index in [0.717, 1.165) is 12.0 Å². The molecule has 0 aliphatic heterocycles. The summed E-state index contributed by atoms with van der Waals surface area (Å²) in [5.74, 6) is -3.29. The average molecular weight is 275 g/mol. The van der Waals surface area contributed by atoms with Gasteiger partial charge in [-0.25, -0.2) is 8.78 Å². The minimum absolute atomic E-state index is 0.416. The van der Waals surface area contributed by atoms with Crippen LogP contribution in [0.2, 0.25) is 0 Å². The Morgan fingerprint density at radius 2 is 1.80 bits per heavy atom. The van der Waals surface area contributed by atoms with Crippen LogP contribution in [-0.2, 0) is 6.42 Å². The molecule has 2 atom stereocenters. The van der Waals surface area contributed by atoms with Crippen molar-refractivity contribution in [2.75, 3.05) is 5.33 Å². The maximum Gasteiger partial charge on any atom is 0.255 e. The van der Waals surface area contributed by atoms with Crippen LogP contribution in [0.5, 0.6) is 0 Å². The van der Waals surface area contributed by atoms with E-state index in [4.69, 9.17) is 0 Å². The Labute approximate surface area is 96.8 Å². The molecule has 0 radical (unpaired) electrons. The molecule has 2 rings (SSSR count). The molecule has 1 aromatic carbocycles. The summed E-state index contributed by atoms with van der Waals surface area (Å²) in [6.07, 6.45) is 1.35. The predicted molar refractivity (Wildman–Crippen MR) is 60.5 cm³/mol. The lowest BCUT2D eigenvalue weighted by atomic mass is 10.1. The molecule has 0 aromatic heterocycles. The number of benzene rings is 1. The van der Waals surface area contributed by atoms with Crippen molar-refractivity contribution in [2.24, 2.45) is 11.8 Å². The van der Waals surface area contributed by atoms with Crippen LogP contribution in [-0.4, -0.2) is 11.3 Å². The summed E-state index contributed by atoms with van der Waals surface area (Å²) in [7, 11) is 0. The maximum atomic E-state index is 13.1. The number of rotatable bonds is 4. The van der Waals surface area contributed by atoms with Crippen LogP contribution in [0.4, 0.5) is 8.78 Å². The fourth-order valence-electron chi connectivity index (χ4n) is 2.03. The van der Waals surface area contributed by atoms with Gasteiger partial charge in [0.05, 0.1) is 0 Å². The zero-order valence-corrected chi connectivity index (χ0v) is 9.88. The Balaban J connectivity index is 1.86. The van der Waals surface area contributed by atoms with Crippen LogP contribution < -0.4 is 0 Å². The first kappa shape index (κ1) is 11.1. The molecule has 1 saturated carbocycles. The lowest BCUT2D eigenvalue weighted by molar-refractivity contribution is 0.0859. The topological polar surface area (TPSA) is 0 Å². The number of alkyl halides is 3. The van der Waals surface area contributed by atoms with Gasteiger partial charge in [0, 0.05) is 17.2 Å². The van der Waals surface area contributed by atoms with Crippen molar-refractivity contribution in [3.8, 4) is 0 Å². The third kappa shape index (κ3) is 2.22. The summed E-state index contributed by atoms with van der Waals surface area (Å²) >= 11 is 3.14. The van der Waals surface area contributed by atoms with Crippen molar-refractivity contribution in [1.29, 1.82) is 0 Å². The highest BCUT2D eigenvalue weighted by Crippen LogP contribution is 2.57. The number of hydrogen-bond donors (Lipinski definition) is 0. The second-order valence-electron chi connectivity index (χ2n) is 4.07. The van der Waals surface area contributed by atoms with Crippen molar-refractivity contribution in [3.05, 3.63) is 35.9 Å². The van der Waals surface area contributed by atoms with Crippen LogP contribution in [0.15, 0.2) is 30.3 Å². The van der Waals surface area contributed by atoms with E-state index in [0.29, 0.717) is 11.8 Å². The Morgan fingerprint density at radius 3 is 2.33 bits per heavy atom. The summed E-state index contributed by atoms with van der Waals surface area (Å²) in [6.45, 7) is 0. The first-order valence-electron chi connectivity index (χ1n) is 5.14. The molecule has 1 fully saturated rings. The summed E-state index contributed by atoms with van der Waals surface area (Å²) in [6, 6.07) is 9.81. The molecule has 1 aliphatic carbocycles. The molecule has 0 nitrogen and oxygen atoms in total. The van der Waals surface area contributed by atoms with Crippen molar-refractivity contribution in [3.63, 3.8) is 0 Å². The van der Waals surface area contributed by atoms with Crippen LogP contribution >= 0.6 is 15.9 Å². The molecule has 15 heavy (non-hydrogen) atoms. The largest absolute Gasteiger partial charge is 0.255 e. The van der Waals surface area contributed by atoms with Crippen molar-refractivity contribution < 1.29 is 8.78 Å². The second-order valence-corrected chi connectivity index (χ2v) is 4.71. The van der Waals surface area contributed by atoms with Crippen molar-refractivity contribution >= 4 is 15.9 Å². The Hall–Kier alpha value is -0.440. The first-order chi connectivity index (χ1) is 7.16. The van der Waals surface area contributed by atoms with Crippen LogP contribution in [0.25, 0.3) is 0 Å². The van der Waals surface area contributed by atoms with Gasteiger partial charge in [0.1, 0.15) is 0 Å². The van der Waals surface area contributed by atoms with Crippen molar-refractivity contribution in [2.45, 2.75) is 18.8 Å². The minimum atomic E-state index is -2.43. The van der Waals surface area contributed by atoms with E-state index in [-0.39, 0.29) is 0 Å². The molecular formula is C12H13BrF2. The van der Waals surface area contributed by atoms with Gasteiger partial charge in [-0.1, -0.05) is 46.3 Å². The molecule has 0 heterocycles. The quantitative estimate of drug-likeness (QED) is 0.731. The summed E-state index contributed by atoms with van der Waals surface area (Å²) in [5.41, 5.74) is 1.15. The molecule has 0 unspecified atom stereocenters. The van der Waals surface area contributed by atoms with Gasteiger partial charge in [0.25, 0.3) is 5.92 Å². The number of halogens is 3. The zero-order valence-electron chi connectivity index (χ0n) is 8.30. The monoisotopic (exact) mass is 274 g/mol. The van der Waals surface area contributed by atoms with Crippen LogP contribution in [0.3, 0.4) is 0 Å². The van der Waals surface area contributed by atoms with E-state index in [2.05, 4.69) is 15.9 Å². The number of hydrogen-bond acceptors (Lipinski definition) is 0. The van der Waals surface area contributed by atoms with Gasteiger partial charge in [-0.2, -0.15) is 0 Å². The van der Waals surface area contributed by atoms with Gasteiger partial charge in [-0.3, -0.25) is 0 Å². The van der Waals surface area contributed by atoms with Gasteiger partial charge in [-0.15, -0.1) is 0 Å². The normalized spacial score (nSPS) is 27.7. The molecule has 0 spiro atoms. The van der Waals surface area contributed by atoms with E-state index in [1.807, 2.05) is 30.3 Å². The van der Waals surface area contributed by atoms with E-state index >= 15 is 0 Å². The third-order valence-electron chi connectivity index (χ3n) is 3.12. The fourth-order valence-corrected chi connectivity index (χ4v) is 2.91. The Bertz CT molecular complexity index is 324.